The summed E-state index contributed by atoms with van der Waals surface area (Å²) in [6, 6.07) is 15.8. The highest BCUT2D eigenvalue weighted by Crippen LogP contribution is 2.42. The Hall–Kier alpha value is -3.94. The number of halogens is 2. The number of nitrogens with zero attached hydrogens (tertiary/aromatic N) is 3. The molecule has 0 radical (unpaired) electrons. The predicted molar refractivity (Wildman–Crippen MR) is 124 cm³/mol. The van der Waals surface area contributed by atoms with Crippen LogP contribution in [0.1, 0.15) is 22.8 Å². The van der Waals surface area contributed by atoms with E-state index in [4.69, 9.17) is 14.5 Å². The van der Waals surface area contributed by atoms with Crippen molar-refractivity contribution in [1.82, 2.24) is 9.80 Å². The van der Waals surface area contributed by atoms with Gasteiger partial charge in [-0.15, -0.1) is 0 Å². The van der Waals surface area contributed by atoms with Crippen molar-refractivity contribution in [3.63, 3.8) is 0 Å². The Labute approximate surface area is 196 Å². The molecule has 0 N–H and O–H groups in total. The van der Waals surface area contributed by atoms with Crippen LogP contribution in [0.15, 0.2) is 65.7 Å². The number of fused-ring (bicyclic) bond motifs is 2. The molecular formula is C26H23F2N3O3. The zero-order valence-corrected chi connectivity index (χ0v) is 18.8. The Morgan fingerprint density at radius 2 is 1.82 bits per heavy atom. The smallest absolute Gasteiger partial charge is 0.254 e. The molecular weight excluding hydrogens is 440 g/mol. The number of hydrogen-bond acceptors (Lipinski definition) is 5. The number of benzene rings is 3. The standard InChI is InChI=1S/C26H23F2N3O3/c1-16-15-30(10-11-31(16)26(32)17-12-18(27)14-19(28)13-17)25-20-6-5-9-23(33-2)24(20)34-22-8-4-3-7-21(22)29-25/h3-9,12-14,16H,10-11,15H2,1-2H3. The molecule has 174 valence electrons. The Kier molecular flexibility index (Phi) is 5.65. The molecule has 8 heteroatoms. The normalized spacial score (nSPS) is 17.2. The zero-order valence-electron chi connectivity index (χ0n) is 18.8. The molecule has 0 aromatic heterocycles. The van der Waals surface area contributed by atoms with Crippen LogP contribution in [0.4, 0.5) is 14.5 Å². The van der Waals surface area contributed by atoms with Crippen molar-refractivity contribution in [3.8, 4) is 17.2 Å². The summed E-state index contributed by atoms with van der Waals surface area (Å²) in [5.41, 5.74) is 1.48. The van der Waals surface area contributed by atoms with Crippen LogP contribution in [0.25, 0.3) is 0 Å². The molecule has 3 aromatic carbocycles. The summed E-state index contributed by atoms with van der Waals surface area (Å²) >= 11 is 0. The average Bonchev–Trinajstić information content (AvgIpc) is 2.99. The Morgan fingerprint density at radius 1 is 1.06 bits per heavy atom. The van der Waals surface area contributed by atoms with E-state index in [0.29, 0.717) is 42.6 Å². The van der Waals surface area contributed by atoms with Crippen molar-refractivity contribution < 1.29 is 23.0 Å². The summed E-state index contributed by atoms with van der Waals surface area (Å²) in [7, 11) is 1.59. The summed E-state index contributed by atoms with van der Waals surface area (Å²) in [4.78, 5) is 21.7. The number of rotatable bonds is 2. The lowest BCUT2D eigenvalue weighted by atomic mass is 10.1. The lowest BCUT2D eigenvalue weighted by Gasteiger charge is -2.41. The summed E-state index contributed by atoms with van der Waals surface area (Å²) in [5.74, 6) is 0.572. The van der Waals surface area contributed by atoms with E-state index in [2.05, 4.69) is 4.90 Å². The quantitative estimate of drug-likeness (QED) is 0.537. The van der Waals surface area contributed by atoms with E-state index in [-0.39, 0.29) is 11.6 Å². The predicted octanol–water partition coefficient (Wildman–Crippen LogP) is 5.00. The maximum absolute atomic E-state index is 13.7. The van der Waals surface area contributed by atoms with E-state index in [1.807, 2.05) is 49.4 Å². The van der Waals surface area contributed by atoms with Crippen LogP contribution in [0.5, 0.6) is 17.2 Å². The van der Waals surface area contributed by atoms with Crippen molar-refractivity contribution in [2.45, 2.75) is 13.0 Å². The second-order valence-electron chi connectivity index (χ2n) is 8.29. The molecule has 34 heavy (non-hydrogen) atoms. The zero-order chi connectivity index (χ0) is 23.8. The molecule has 0 aliphatic carbocycles. The molecule has 1 amide bonds. The lowest BCUT2D eigenvalue weighted by molar-refractivity contribution is 0.0580. The number of carbonyl (C=O) groups is 1. The van der Waals surface area contributed by atoms with Gasteiger partial charge in [0.15, 0.2) is 17.2 Å². The molecule has 1 atom stereocenters. The number of carbonyl (C=O) groups excluding carboxylic acids is 1. The van der Waals surface area contributed by atoms with Crippen molar-refractivity contribution in [1.29, 1.82) is 0 Å². The van der Waals surface area contributed by atoms with Gasteiger partial charge in [-0.2, -0.15) is 0 Å². The molecule has 5 rings (SSSR count). The van der Waals surface area contributed by atoms with Crippen LogP contribution >= 0.6 is 0 Å². The number of aliphatic imine (C=N–C) groups is 1. The molecule has 1 unspecified atom stereocenters. The fourth-order valence-electron chi connectivity index (χ4n) is 4.41. The van der Waals surface area contributed by atoms with E-state index in [1.54, 1.807) is 12.0 Å². The molecule has 6 nitrogen and oxygen atoms in total. The molecule has 1 fully saturated rings. The first-order chi connectivity index (χ1) is 16.4. The van der Waals surface area contributed by atoms with Gasteiger partial charge in [0.25, 0.3) is 5.91 Å². The number of piperazine rings is 1. The van der Waals surface area contributed by atoms with Gasteiger partial charge in [-0.3, -0.25) is 4.79 Å². The first kappa shape index (κ1) is 21.9. The van der Waals surface area contributed by atoms with E-state index in [9.17, 15) is 13.6 Å². The highest BCUT2D eigenvalue weighted by Gasteiger charge is 2.33. The maximum atomic E-state index is 13.7. The van der Waals surface area contributed by atoms with Gasteiger partial charge in [0.05, 0.1) is 12.7 Å². The number of methoxy groups -OCH3 is 1. The Morgan fingerprint density at radius 3 is 2.56 bits per heavy atom. The fourth-order valence-corrected chi connectivity index (χ4v) is 4.41. The van der Waals surface area contributed by atoms with Crippen molar-refractivity contribution in [2.75, 3.05) is 26.7 Å². The minimum absolute atomic E-state index is 0.00187. The number of amidine groups is 1. The SMILES string of the molecule is COc1cccc2c1Oc1ccccc1N=C2N1CCN(C(=O)c2cc(F)cc(F)c2)C(C)C1. The highest BCUT2D eigenvalue weighted by molar-refractivity contribution is 6.04. The minimum atomic E-state index is -0.772. The van der Waals surface area contributed by atoms with Gasteiger partial charge < -0.3 is 19.3 Å². The Bertz CT molecular complexity index is 1270. The molecule has 3 aromatic rings. The van der Waals surface area contributed by atoms with Gasteiger partial charge in [-0.05, 0) is 43.3 Å². The van der Waals surface area contributed by atoms with Gasteiger partial charge in [0.1, 0.15) is 23.2 Å². The van der Waals surface area contributed by atoms with Crippen molar-refractivity contribution in [3.05, 3.63) is 83.4 Å². The molecule has 0 bridgehead atoms. The monoisotopic (exact) mass is 463 g/mol. The van der Waals surface area contributed by atoms with Crippen molar-refractivity contribution >= 4 is 17.4 Å². The van der Waals surface area contributed by atoms with Crippen LogP contribution in [0, 0.1) is 11.6 Å². The van der Waals surface area contributed by atoms with E-state index in [0.717, 1.165) is 29.6 Å². The first-order valence-electron chi connectivity index (χ1n) is 11.0. The molecule has 2 heterocycles. The molecule has 1 saturated heterocycles. The summed E-state index contributed by atoms with van der Waals surface area (Å²) < 4.78 is 39.1. The molecule has 0 saturated carbocycles. The highest BCUT2D eigenvalue weighted by atomic mass is 19.1. The number of amides is 1. The molecule has 2 aliphatic heterocycles. The number of ether oxygens (including phenoxy) is 2. The third-order valence-corrected chi connectivity index (χ3v) is 6.04. The lowest BCUT2D eigenvalue weighted by Crippen LogP contribution is -2.55. The largest absolute Gasteiger partial charge is 0.493 e. The third-order valence-electron chi connectivity index (χ3n) is 6.04. The van der Waals surface area contributed by atoms with Crippen LogP contribution in [0.2, 0.25) is 0 Å². The average molecular weight is 463 g/mol. The van der Waals surface area contributed by atoms with Crippen LogP contribution in [-0.2, 0) is 0 Å². The first-order valence-corrected chi connectivity index (χ1v) is 11.0. The van der Waals surface area contributed by atoms with Gasteiger partial charge in [0, 0.05) is 37.3 Å². The van der Waals surface area contributed by atoms with Crippen LogP contribution in [-0.4, -0.2) is 54.3 Å². The number of hydrogen-bond donors (Lipinski definition) is 0. The third kappa shape index (κ3) is 3.96. The van der Waals surface area contributed by atoms with E-state index >= 15 is 0 Å². The second kappa shape index (κ2) is 8.78. The van der Waals surface area contributed by atoms with Gasteiger partial charge in [-0.1, -0.05) is 18.2 Å². The molecule has 0 spiro atoms. The van der Waals surface area contributed by atoms with E-state index in [1.165, 1.54) is 0 Å². The fraction of sp³-hybridized carbons (Fsp3) is 0.231. The topological polar surface area (TPSA) is 54.4 Å². The van der Waals surface area contributed by atoms with E-state index < -0.39 is 17.5 Å². The van der Waals surface area contributed by atoms with Gasteiger partial charge in [0.2, 0.25) is 0 Å². The second-order valence-corrected chi connectivity index (χ2v) is 8.29. The van der Waals surface area contributed by atoms with Crippen LogP contribution < -0.4 is 9.47 Å². The van der Waals surface area contributed by atoms with Gasteiger partial charge in [-0.25, -0.2) is 13.8 Å². The van der Waals surface area contributed by atoms with Crippen LogP contribution in [0.3, 0.4) is 0 Å². The minimum Gasteiger partial charge on any atom is -0.493 e. The Balaban J connectivity index is 1.47. The van der Waals surface area contributed by atoms with Crippen molar-refractivity contribution in [2.24, 2.45) is 4.99 Å². The van der Waals surface area contributed by atoms with Gasteiger partial charge >= 0.3 is 0 Å². The summed E-state index contributed by atoms with van der Waals surface area (Å²) in [5, 5.41) is 0. The molecule has 2 aliphatic rings. The summed E-state index contributed by atoms with van der Waals surface area (Å²) in [6.07, 6.45) is 0. The summed E-state index contributed by atoms with van der Waals surface area (Å²) in [6.45, 7) is 3.26. The maximum Gasteiger partial charge on any atom is 0.254 e. The number of para-hydroxylation sites is 3.